The summed E-state index contributed by atoms with van der Waals surface area (Å²) in [5.74, 6) is 2.45. The van der Waals surface area contributed by atoms with Gasteiger partial charge in [-0.25, -0.2) is 14.8 Å². The average Bonchev–Trinajstić information content (AvgIpc) is 3.62. The molecule has 0 radical (unpaired) electrons. The lowest BCUT2D eigenvalue weighted by atomic mass is 9.51. The lowest BCUT2D eigenvalue weighted by Gasteiger charge is -2.55. The summed E-state index contributed by atoms with van der Waals surface area (Å²) in [5, 5.41) is 2.91. The molecule has 51 heavy (non-hydrogen) atoms. The van der Waals surface area contributed by atoms with Crippen LogP contribution < -0.4 is 15.0 Å². The summed E-state index contributed by atoms with van der Waals surface area (Å²) >= 11 is 0. The summed E-state index contributed by atoms with van der Waals surface area (Å²) in [5.41, 5.74) is 4.62. The molecular weight excluding hydrogens is 640 g/mol. The van der Waals surface area contributed by atoms with E-state index in [9.17, 15) is 9.59 Å². The summed E-state index contributed by atoms with van der Waals surface area (Å²) in [6, 6.07) is 10.6. The Morgan fingerprint density at radius 2 is 1.73 bits per heavy atom. The van der Waals surface area contributed by atoms with Crippen LogP contribution in [0.3, 0.4) is 0 Å². The summed E-state index contributed by atoms with van der Waals surface area (Å²) in [7, 11) is 1.73. The molecule has 2 aromatic heterocycles. The molecule has 9 heteroatoms. The molecule has 0 aliphatic heterocycles. The predicted octanol–water partition coefficient (Wildman–Crippen LogP) is 9.52. The number of nitrogens with one attached hydrogen (secondary N) is 1. The first kappa shape index (κ1) is 36.9. The number of benzene rings is 1. The number of rotatable bonds is 11. The molecule has 9 nitrogen and oxygen atoms in total. The summed E-state index contributed by atoms with van der Waals surface area (Å²) in [6.45, 7) is 14.0. The van der Waals surface area contributed by atoms with E-state index in [1.807, 2.05) is 17.0 Å². The second-order valence-corrected chi connectivity index (χ2v) is 17.1. The third kappa shape index (κ3) is 8.44. The molecule has 0 spiro atoms. The minimum Gasteiger partial charge on any atom is -0.496 e. The van der Waals surface area contributed by atoms with E-state index in [2.05, 4.69) is 65.1 Å². The van der Waals surface area contributed by atoms with Crippen molar-refractivity contribution in [3.63, 3.8) is 0 Å². The standard InChI is InChI=1S/C42H58N4O5/c1-28(2)37-45-34(26-50-37)31-14-22-43-36(25-31)46(38(47)30-8-11-33(12-9-30)51-39(48)44-23-21-40(4,5)6)27-41-15-18-42(19-16-41,20-17-41)32-10-13-35(49-7)29(3)24-32/h10,13-14,22,24-26,28,30,33H,8-9,11-12,15-21,23,27H2,1-7H3,(H,44,48). The van der Waals surface area contributed by atoms with Crippen molar-refractivity contribution in [1.29, 1.82) is 0 Å². The molecule has 4 fully saturated rings. The Hall–Kier alpha value is -3.88. The van der Waals surface area contributed by atoms with Gasteiger partial charge in [0.05, 0.1) is 7.11 Å². The van der Waals surface area contributed by atoms with Crippen LogP contribution in [-0.2, 0) is 14.9 Å². The van der Waals surface area contributed by atoms with Gasteiger partial charge in [-0.2, -0.15) is 0 Å². The van der Waals surface area contributed by atoms with Crippen LogP contribution in [0.4, 0.5) is 10.6 Å². The second kappa shape index (κ2) is 15.0. The van der Waals surface area contributed by atoms with Gasteiger partial charge in [0.15, 0.2) is 5.89 Å². The highest BCUT2D eigenvalue weighted by Crippen LogP contribution is 2.58. The minimum atomic E-state index is -0.361. The Morgan fingerprint density at radius 1 is 1.02 bits per heavy atom. The third-order valence-electron chi connectivity index (χ3n) is 11.9. The highest BCUT2D eigenvalue weighted by Gasteiger charge is 2.51. The van der Waals surface area contributed by atoms with Crippen LogP contribution in [0.25, 0.3) is 11.3 Å². The lowest BCUT2D eigenvalue weighted by Crippen LogP contribution is -2.52. The fourth-order valence-corrected chi connectivity index (χ4v) is 8.54. The zero-order valence-corrected chi connectivity index (χ0v) is 31.8. The van der Waals surface area contributed by atoms with Crippen LogP contribution in [0.15, 0.2) is 47.2 Å². The first-order valence-electron chi connectivity index (χ1n) is 19.1. The van der Waals surface area contributed by atoms with E-state index in [-0.39, 0.29) is 46.2 Å². The van der Waals surface area contributed by atoms with Gasteiger partial charge < -0.3 is 19.2 Å². The van der Waals surface area contributed by atoms with E-state index in [0.29, 0.717) is 50.5 Å². The first-order valence-corrected chi connectivity index (χ1v) is 19.1. The van der Waals surface area contributed by atoms with Gasteiger partial charge in [0.2, 0.25) is 5.91 Å². The van der Waals surface area contributed by atoms with Gasteiger partial charge in [-0.3, -0.25) is 9.69 Å². The molecule has 2 bridgehead atoms. The normalized spacial score (nSPS) is 24.7. The minimum absolute atomic E-state index is 0.0424. The number of hydrogen-bond donors (Lipinski definition) is 1. The average molecular weight is 699 g/mol. The Morgan fingerprint density at radius 3 is 2.33 bits per heavy atom. The Labute approximate surface area is 304 Å². The second-order valence-electron chi connectivity index (χ2n) is 17.1. The maximum absolute atomic E-state index is 14.7. The number of carbonyl (C=O) groups is 2. The number of oxazole rings is 1. The smallest absolute Gasteiger partial charge is 0.407 e. The van der Waals surface area contributed by atoms with Crippen molar-refractivity contribution in [2.45, 2.75) is 130 Å². The summed E-state index contributed by atoms with van der Waals surface area (Å²) < 4.78 is 17.1. The van der Waals surface area contributed by atoms with E-state index in [4.69, 9.17) is 23.9 Å². The molecule has 0 unspecified atom stereocenters. The topological polar surface area (TPSA) is 107 Å². The van der Waals surface area contributed by atoms with Gasteiger partial charge in [-0.05, 0) is 123 Å². The lowest BCUT2D eigenvalue weighted by molar-refractivity contribution is -0.124. The van der Waals surface area contributed by atoms with Crippen molar-refractivity contribution in [3.8, 4) is 17.0 Å². The molecular formula is C42H58N4O5. The number of anilines is 1. The number of fused-ring (bicyclic) bond motifs is 3. The molecule has 4 aliphatic carbocycles. The predicted molar refractivity (Wildman–Crippen MR) is 200 cm³/mol. The van der Waals surface area contributed by atoms with Gasteiger partial charge in [-0.1, -0.05) is 46.8 Å². The molecule has 2 amide bonds. The van der Waals surface area contributed by atoms with Crippen molar-refractivity contribution in [2.75, 3.05) is 25.1 Å². The van der Waals surface area contributed by atoms with E-state index >= 15 is 0 Å². The van der Waals surface area contributed by atoms with Crippen LogP contribution in [0, 0.1) is 23.7 Å². The van der Waals surface area contributed by atoms with E-state index in [1.54, 1.807) is 19.6 Å². The van der Waals surface area contributed by atoms with Crippen molar-refractivity contribution < 1.29 is 23.5 Å². The maximum Gasteiger partial charge on any atom is 0.407 e. The van der Waals surface area contributed by atoms with Crippen molar-refractivity contribution in [1.82, 2.24) is 15.3 Å². The number of carbonyl (C=O) groups excluding carboxylic acids is 2. The molecule has 1 N–H and O–H groups in total. The summed E-state index contributed by atoms with van der Waals surface area (Å²) in [4.78, 5) is 38.7. The molecule has 4 aliphatic rings. The van der Waals surface area contributed by atoms with E-state index in [1.165, 1.54) is 11.1 Å². The number of pyridine rings is 1. The molecule has 2 heterocycles. The number of ether oxygens (including phenoxy) is 2. The van der Waals surface area contributed by atoms with Gasteiger partial charge >= 0.3 is 6.09 Å². The molecule has 1 aromatic carbocycles. The molecule has 0 atom stereocenters. The maximum atomic E-state index is 14.7. The highest BCUT2D eigenvalue weighted by molar-refractivity contribution is 5.95. The number of aromatic nitrogens is 2. The summed E-state index contributed by atoms with van der Waals surface area (Å²) in [6.07, 6.45) is 13.1. The van der Waals surface area contributed by atoms with Gasteiger partial charge in [0.1, 0.15) is 29.6 Å². The van der Waals surface area contributed by atoms with Crippen LogP contribution >= 0.6 is 0 Å². The van der Waals surface area contributed by atoms with Crippen molar-refractivity contribution in [3.05, 3.63) is 59.8 Å². The van der Waals surface area contributed by atoms with Crippen LogP contribution in [0.5, 0.6) is 5.75 Å². The number of alkyl carbamates (subject to hydrolysis) is 1. The quantitative estimate of drug-likeness (QED) is 0.213. The monoisotopic (exact) mass is 698 g/mol. The number of aryl methyl sites for hydroxylation is 1. The number of nitrogens with zero attached hydrogens (tertiary/aromatic N) is 3. The van der Waals surface area contributed by atoms with Crippen molar-refractivity contribution >= 4 is 17.8 Å². The number of amides is 2. The zero-order valence-electron chi connectivity index (χ0n) is 31.8. The Kier molecular flexibility index (Phi) is 10.9. The molecule has 3 aromatic rings. The van der Waals surface area contributed by atoms with E-state index in [0.717, 1.165) is 62.0 Å². The van der Waals surface area contributed by atoms with Gasteiger partial charge in [-0.15, -0.1) is 0 Å². The van der Waals surface area contributed by atoms with Crippen LogP contribution in [0.1, 0.15) is 128 Å². The largest absolute Gasteiger partial charge is 0.496 e. The third-order valence-corrected chi connectivity index (χ3v) is 11.9. The molecule has 276 valence electrons. The first-order chi connectivity index (χ1) is 24.3. The molecule has 4 saturated carbocycles. The molecule has 7 rings (SSSR count). The number of hydrogen-bond acceptors (Lipinski definition) is 7. The van der Waals surface area contributed by atoms with Crippen molar-refractivity contribution in [2.24, 2.45) is 16.7 Å². The van der Waals surface area contributed by atoms with Gasteiger partial charge in [0.25, 0.3) is 0 Å². The fraction of sp³-hybridized carbons (Fsp3) is 0.619. The van der Waals surface area contributed by atoms with Crippen LogP contribution in [0.2, 0.25) is 0 Å². The van der Waals surface area contributed by atoms with Gasteiger partial charge in [0, 0.05) is 36.7 Å². The Bertz CT molecular complexity index is 1660. The fourth-order valence-electron chi connectivity index (χ4n) is 8.54. The highest BCUT2D eigenvalue weighted by atomic mass is 16.6. The van der Waals surface area contributed by atoms with E-state index < -0.39 is 0 Å². The molecule has 0 saturated heterocycles. The van der Waals surface area contributed by atoms with Crippen LogP contribution in [-0.4, -0.2) is 48.3 Å². The Balaban J connectivity index is 1.18. The number of methoxy groups -OCH3 is 1. The SMILES string of the molecule is COc1ccc(C23CCC(CN(C(=O)C4CCC(OC(=O)NCCC(C)(C)C)CC4)c4cc(-c5coc(C(C)C)n5)ccn4)(CC2)CC3)cc1C. The zero-order chi connectivity index (χ0) is 36.4.